The van der Waals surface area contributed by atoms with Crippen molar-refractivity contribution in [2.45, 2.75) is 20.8 Å². The van der Waals surface area contributed by atoms with E-state index >= 15 is 0 Å². The van der Waals surface area contributed by atoms with E-state index in [0.29, 0.717) is 11.4 Å². The van der Waals surface area contributed by atoms with Crippen LogP contribution in [0.5, 0.6) is 5.75 Å². The highest BCUT2D eigenvalue weighted by molar-refractivity contribution is 7.91. The van der Waals surface area contributed by atoms with Crippen LogP contribution in [0, 0.1) is 0 Å². The predicted octanol–water partition coefficient (Wildman–Crippen LogP) is 2.62. The molecule has 0 saturated heterocycles. The molecule has 1 aromatic heterocycles. The summed E-state index contributed by atoms with van der Waals surface area (Å²) in [7, 11) is -3.85. The van der Waals surface area contributed by atoms with Gasteiger partial charge in [-0.15, -0.1) is 0 Å². The lowest BCUT2D eigenvalue weighted by molar-refractivity contribution is 0.492. The van der Waals surface area contributed by atoms with E-state index in [0.717, 1.165) is 5.57 Å². The first-order valence-electron chi connectivity index (χ1n) is 6.27. The molecule has 1 aliphatic rings. The highest BCUT2D eigenvalue weighted by Crippen LogP contribution is 2.30. The monoisotopic (exact) mass is 307 g/mol. The summed E-state index contributed by atoms with van der Waals surface area (Å²) in [6, 6.07) is 1.55. The van der Waals surface area contributed by atoms with E-state index in [1.165, 1.54) is 19.3 Å². The standard InChI is InChI=1S/C14H17N3O3S/c1-10(2)5-6-11(3)21(18,19)20-13-7-8-17-14(13)12(4)15-9-16-17/h5-9H,4H2,1-3H3,(H,15,16)/b11-6+. The molecule has 0 bridgehead atoms. The largest absolute Gasteiger partial charge is 0.377 e. The van der Waals surface area contributed by atoms with Gasteiger partial charge in [-0.2, -0.15) is 8.42 Å². The maximum atomic E-state index is 12.2. The highest BCUT2D eigenvalue weighted by Gasteiger charge is 2.22. The number of hydrogen-bond acceptors (Lipinski definition) is 5. The fourth-order valence-corrected chi connectivity index (χ4v) is 2.39. The lowest BCUT2D eigenvalue weighted by Crippen LogP contribution is -2.19. The van der Waals surface area contributed by atoms with E-state index in [1.54, 1.807) is 23.0 Å². The first kappa shape index (κ1) is 15.1. The SMILES string of the molecule is C=C1N=CNn2ccc(OS(=O)(=O)/C(C)=C/C=C(C)C)c21. The Hall–Kier alpha value is -2.28. The maximum Gasteiger partial charge on any atom is 0.335 e. The molecular weight excluding hydrogens is 290 g/mol. The van der Waals surface area contributed by atoms with Gasteiger partial charge in [-0.25, -0.2) is 4.99 Å². The first-order chi connectivity index (χ1) is 9.81. The van der Waals surface area contributed by atoms with Gasteiger partial charge in [-0.3, -0.25) is 10.1 Å². The number of hydrogen-bond donors (Lipinski definition) is 1. The van der Waals surface area contributed by atoms with E-state index in [4.69, 9.17) is 4.18 Å². The molecule has 0 radical (unpaired) electrons. The number of rotatable bonds is 4. The average molecular weight is 307 g/mol. The zero-order chi connectivity index (χ0) is 15.6. The van der Waals surface area contributed by atoms with Crippen LogP contribution in [0.4, 0.5) is 0 Å². The smallest absolute Gasteiger partial charge is 0.335 e. The van der Waals surface area contributed by atoms with Crippen molar-refractivity contribution in [1.29, 1.82) is 0 Å². The molecule has 21 heavy (non-hydrogen) atoms. The van der Waals surface area contributed by atoms with Crippen LogP contribution in [0.3, 0.4) is 0 Å². The fourth-order valence-electron chi connectivity index (χ4n) is 1.65. The normalized spacial score (nSPS) is 14.4. The molecule has 1 aromatic rings. The molecule has 0 spiro atoms. The Labute approximate surface area is 124 Å². The second kappa shape index (κ2) is 5.61. The van der Waals surface area contributed by atoms with Crippen molar-refractivity contribution < 1.29 is 12.6 Å². The van der Waals surface area contributed by atoms with Crippen molar-refractivity contribution in [3.8, 4) is 5.75 Å². The van der Waals surface area contributed by atoms with Gasteiger partial charge in [0.1, 0.15) is 12.0 Å². The molecule has 0 aliphatic carbocycles. The molecule has 0 fully saturated rings. The van der Waals surface area contributed by atoms with E-state index in [9.17, 15) is 8.42 Å². The van der Waals surface area contributed by atoms with Crippen LogP contribution in [-0.2, 0) is 10.1 Å². The summed E-state index contributed by atoms with van der Waals surface area (Å²) in [6.45, 7) is 9.02. The van der Waals surface area contributed by atoms with E-state index in [1.807, 2.05) is 13.8 Å². The molecule has 0 aromatic carbocycles. The van der Waals surface area contributed by atoms with Gasteiger partial charge in [0.05, 0.1) is 10.6 Å². The van der Waals surface area contributed by atoms with E-state index in [2.05, 4.69) is 17.0 Å². The molecule has 6 nitrogen and oxygen atoms in total. The molecule has 1 aliphatic heterocycles. The van der Waals surface area contributed by atoms with Crippen molar-refractivity contribution in [1.82, 2.24) is 4.68 Å². The highest BCUT2D eigenvalue weighted by atomic mass is 32.2. The number of aromatic nitrogens is 1. The minimum atomic E-state index is -3.85. The quantitative estimate of drug-likeness (QED) is 0.685. The van der Waals surface area contributed by atoms with Gasteiger partial charge >= 0.3 is 10.1 Å². The molecule has 0 atom stereocenters. The Kier molecular flexibility index (Phi) is 4.04. The Morgan fingerprint density at radius 3 is 2.76 bits per heavy atom. The second-order valence-corrected chi connectivity index (χ2v) is 6.51. The van der Waals surface area contributed by atoms with Crippen LogP contribution < -0.4 is 9.61 Å². The van der Waals surface area contributed by atoms with Crippen molar-refractivity contribution in [3.05, 3.63) is 47.2 Å². The van der Waals surface area contributed by atoms with Gasteiger partial charge in [0.2, 0.25) is 0 Å². The van der Waals surface area contributed by atoms with Gasteiger partial charge < -0.3 is 4.18 Å². The Morgan fingerprint density at radius 2 is 2.10 bits per heavy atom. The molecule has 2 heterocycles. The summed E-state index contributed by atoms with van der Waals surface area (Å²) in [5, 5.41) is 0. The topological polar surface area (TPSA) is 72.7 Å². The van der Waals surface area contributed by atoms with Gasteiger partial charge in [-0.1, -0.05) is 18.2 Å². The molecule has 0 amide bonds. The van der Waals surface area contributed by atoms with Crippen LogP contribution in [0.15, 0.2) is 46.5 Å². The maximum absolute atomic E-state index is 12.2. The number of allylic oxidation sites excluding steroid dienone is 4. The van der Waals surface area contributed by atoms with Gasteiger partial charge in [0.25, 0.3) is 0 Å². The first-order valence-corrected chi connectivity index (χ1v) is 7.68. The average Bonchev–Trinajstić information content (AvgIpc) is 2.79. The molecule has 0 unspecified atom stereocenters. The molecule has 7 heteroatoms. The van der Waals surface area contributed by atoms with E-state index in [-0.39, 0.29) is 10.7 Å². The number of nitrogens with one attached hydrogen (secondary N) is 1. The lowest BCUT2D eigenvalue weighted by atomic mass is 10.3. The van der Waals surface area contributed by atoms with Crippen LogP contribution in [0.1, 0.15) is 26.5 Å². The lowest BCUT2D eigenvalue weighted by Gasteiger charge is -2.14. The molecule has 112 valence electrons. The summed E-state index contributed by atoms with van der Waals surface area (Å²) in [6.07, 6.45) is 6.34. The van der Waals surface area contributed by atoms with Crippen molar-refractivity contribution in [2.75, 3.05) is 5.43 Å². The van der Waals surface area contributed by atoms with Crippen LogP contribution in [0.25, 0.3) is 5.70 Å². The van der Waals surface area contributed by atoms with Crippen LogP contribution >= 0.6 is 0 Å². The summed E-state index contributed by atoms with van der Waals surface area (Å²) in [5.41, 5.74) is 4.74. The zero-order valence-corrected chi connectivity index (χ0v) is 12.9. The predicted molar refractivity (Wildman–Crippen MR) is 84.1 cm³/mol. The minimum absolute atomic E-state index is 0.126. The van der Waals surface area contributed by atoms with Crippen LogP contribution in [0.2, 0.25) is 0 Å². The number of aliphatic imine (C=N–C) groups is 1. The van der Waals surface area contributed by atoms with E-state index < -0.39 is 10.1 Å². The summed E-state index contributed by atoms with van der Waals surface area (Å²) < 4.78 is 31.1. The van der Waals surface area contributed by atoms with Crippen molar-refractivity contribution in [3.63, 3.8) is 0 Å². The third-order valence-corrected chi connectivity index (χ3v) is 4.11. The van der Waals surface area contributed by atoms with Gasteiger partial charge in [-0.05, 0) is 26.8 Å². The minimum Gasteiger partial charge on any atom is -0.377 e. The summed E-state index contributed by atoms with van der Waals surface area (Å²) in [5.74, 6) is 0.189. The molecule has 0 saturated carbocycles. The third-order valence-electron chi connectivity index (χ3n) is 2.79. The Balaban J connectivity index is 2.31. The molecule has 2 rings (SSSR count). The fraction of sp³-hybridized carbons (Fsp3) is 0.214. The van der Waals surface area contributed by atoms with Crippen molar-refractivity contribution >= 4 is 22.2 Å². The molecular formula is C14H17N3O3S. The van der Waals surface area contributed by atoms with Gasteiger partial charge in [0, 0.05) is 12.3 Å². The van der Waals surface area contributed by atoms with Crippen molar-refractivity contribution in [2.24, 2.45) is 4.99 Å². The number of fused-ring (bicyclic) bond motifs is 1. The van der Waals surface area contributed by atoms with Gasteiger partial charge in [0.15, 0.2) is 5.75 Å². The summed E-state index contributed by atoms with van der Waals surface area (Å²) in [4.78, 5) is 4.11. The number of nitrogens with zero attached hydrogens (tertiary/aromatic N) is 2. The summed E-state index contributed by atoms with van der Waals surface area (Å²) >= 11 is 0. The Morgan fingerprint density at radius 1 is 1.38 bits per heavy atom. The zero-order valence-electron chi connectivity index (χ0n) is 12.1. The molecule has 1 N–H and O–H groups in total. The van der Waals surface area contributed by atoms with Crippen LogP contribution in [-0.4, -0.2) is 19.4 Å². The second-order valence-electron chi connectivity index (χ2n) is 4.79. The third kappa shape index (κ3) is 3.25. The Bertz CT molecular complexity index is 763.